The molecule has 9 nitrogen and oxygen atoms in total. The van der Waals surface area contributed by atoms with Crippen LogP contribution in [-0.2, 0) is 15.1 Å². The Morgan fingerprint density at radius 3 is 2.79 bits per heavy atom. The van der Waals surface area contributed by atoms with Crippen LogP contribution < -0.4 is 5.73 Å². The Kier molecular flexibility index (Phi) is 5.00. The molecule has 1 aliphatic heterocycles. The van der Waals surface area contributed by atoms with E-state index in [-0.39, 0.29) is 29.6 Å². The van der Waals surface area contributed by atoms with Crippen LogP contribution in [0.1, 0.15) is 26.0 Å². The number of nitrogens with two attached hydrogens (primary N) is 1. The average molecular weight is 379 g/mol. The van der Waals surface area contributed by atoms with Crippen LogP contribution in [0.3, 0.4) is 0 Å². The van der Waals surface area contributed by atoms with Crippen molar-refractivity contribution in [1.29, 1.82) is 5.26 Å². The molecule has 4 radical (unpaired) electrons. The number of carbonyl (C=O) groups excluding carboxylic acids is 1. The fourth-order valence-electron chi connectivity index (χ4n) is 3.54. The minimum absolute atomic E-state index is 0.153. The van der Waals surface area contributed by atoms with Crippen LogP contribution in [0.2, 0.25) is 0 Å². The largest absolute Gasteiger partial charge is 0.407 e. The molecule has 0 amide bonds. The van der Waals surface area contributed by atoms with Crippen LogP contribution in [0.15, 0.2) is 18.5 Å². The van der Waals surface area contributed by atoms with Crippen LogP contribution >= 0.6 is 0 Å². The second-order valence-corrected chi connectivity index (χ2v) is 7.37. The molecule has 1 aliphatic rings. The molecule has 3 heterocycles. The van der Waals surface area contributed by atoms with E-state index in [4.69, 9.17) is 26.2 Å². The number of ether oxygens (including phenoxy) is 1. The second kappa shape index (κ2) is 6.88. The lowest BCUT2D eigenvalue weighted by Crippen LogP contribution is -2.48. The van der Waals surface area contributed by atoms with Crippen LogP contribution in [0.25, 0.3) is 5.52 Å². The number of ketones is 1. The summed E-state index contributed by atoms with van der Waals surface area (Å²) in [6.45, 7) is 3.41. The maximum absolute atomic E-state index is 12.3. The number of rotatable bonds is 5. The lowest BCUT2D eigenvalue weighted by molar-refractivity contribution is -0.124. The molecule has 142 valence electrons. The standard InChI is InChI=1S/C17H19B2N5O4/c1-8(2)11(25)5-9-13(26)16(6-20,28-14(9)17(18,19)27)12-4-3-10-15(21)22-7-23-24(10)12/h3-4,7-9,13-14,26-27H,5H2,1-2H3,(H2,21,22,23)/t9-,13+,14?,16-/m0/s1. The van der Waals surface area contributed by atoms with Gasteiger partial charge in [-0.05, 0) is 12.1 Å². The Hall–Kier alpha value is -2.41. The number of aliphatic hydroxyl groups is 2. The Balaban J connectivity index is 2.14. The quantitative estimate of drug-likeness (QED) is 0.561. The first-order valence-corrected chi connectivity index (χ1v) is 8.71. The Morgan fingerprint density at radius 2 is 2.21 bits per heavy atom. The van der Waals surface area contributed by atoms with Gasteiger partial charge in [0.2, 0.25) is 5.60 Å². The van der Waals surface area contributed by atoms with Crippen molar-refractivity contribution in [2.75, 3.05) is 5.73 Å². The van der Waals surface area contributed by atoms with E-state index < -0.39 is 29.1 Å². The number of hydrogen-bond acceptors (Lipinski definition) is 8. The number of anilines is 1. The molecule has 0 aromatic carbocycles. The lowest BCUT2D eigenvalue weighted by Gasteiger charge is -2.31. The van der Waals surface area contributed by atoms with Crippen molar-refractivity contribution in [3.05, 3.63) is 24.2 Å². The smallest absolute Gasteiger partial charge is 0.223 e. The highest BCUT2D eigenvalue weighted by molar-refractivity contribution is 6.39. The van der Waals surface area contributed by atoms with E-state index >= 15 is 0 Å². The van der Waals surface area contributed by atoms with Gasteiger partial charge in [0.25, 0.3) is 0 Å². The van der Waals surface area contributed by atoms with Crippen LogP contribution in [-0.4, -0.2) is 63.9 Å². The highest BCUT2D eigenvalue weighted by Crippen LogP contribution is 2.46. The van der Waals surface area contributed by atoms with E-state index in [1.807, 2.05) is 6.07 Å². The fourth-order valence-corrected chi connectivity index (χ4v) is 3.54. The molecule has 4 atom stereocenters. The van der Waals surface area contributed by atoms with Crippen molar-refractivity contribution in [2.45, 2.75) is 43.5 Å². The zero-order valence-corrected chi connectivity index (χ0v) is 15.5. The Morgan fingerprint density at radius 1 is 1.54 bits per heavy atom. The third-order valence-corrected chi connectivity index (χ3v) is 5.09. The highest BCUT2D eigenvalue weighted by Gasteiger charge is 2.60. The maximum atomic E-state index is 12.3. The van der Waals surface area contributed by atoms with Crippen molar-refractivity contribution in [3.8, 4) is 6.07 Å². The summed E-state index contributed by atoms with van der Waals surface area (Å²) in [4.78, 5) is 16.2. The summed E-state index contributed by atoms with van der Waals surface area (Å²) >= 11 is 0. The predicted octanol–water partition coefficient (Wildman–Crippen LogP) is -0.995. The van der Waals surface area contributed by atoms with Gasteiger partial charge in [0.15, 0.2) is 5.82 Å². The lowest BCUT2D eigenvalue weighted by atomic mass is 9.58. The van der Waals surface area contributed by atoms with E-state index in [2.05, 4.69) is 10.1 Å². The molecule has 2 aromatic rings. The monoisotopic (exact) mass is 379 g/mol. The Bertz CT molecular complexity index is 951. The van der Waals surface area contributed by atoms with Gasteiger partial charge in [-0.1, -0.05) is 13.8 Å². The minimum atomic E-state index is -2.39. The zero-order valence-electron chi connectivity index (χ0n) is 15.5. The summed E-state index contributed by atoms with van der Waals surface area (Å²) in [5, 5.41) is 32.9. The van der Waals surface area contributed by atoms with E-state index in [1.54, 1.807) is 19.9 Å². The molecule has 0 spiro atoms. The van der Waals surface area contributed by atoms with Crippen LogP contribution in [0.4, 0.5) is 5.82 Å². The van der Waals surface area contributed by atoms with Crippen molar-refractivity contribution in [2.24, 2.45) is 11.8 Å². The maximum Gasteiger partial charge on any atom is 0.223 e. The van der Waals surface area contributed by atoms with E-state index in [1.165, 1.54) is 16.9 Å². The molecule has 1 fully saturated rings. The predicted molar refractivity (Wildman–Crippen MR) is 100.0 cm³/mol. The molecule has 1 unspecified atom stereocenters. The number of nitrogen functional groups attached to an aromatic ring is 1. The molecule has 28 heavy (non-hydrogen) atoms. The highest BCUT2D eigenvalue weighted by atomic mass is 16.5. The summed E-state index contributed by atoms with van der Waals surface area (Å²) in [7, 11) is 11.3. The molecule has 0 aliphatic carbocycles. The topological polar surface area (TPSA) is 147 Å². The van der Waals surface area contributed by atoms with Crippen molar-refractivity contribution in [1.82, 2.24) is 14.6 Å². The van der Waals surface area contributed by atoms with Gasteiger partial charge >= 0.3 is 0 Å². The Labute approximate surface area is 164 Å². The minimum Gasteiger partial charge on any atom is -0.407 e. The van der Waals surface area contributed by atoms with Gasteiger partial charge in [-0.25, -0.2) is 9.50 Å². The molecule has 11 heteroatoms. The van der Waals surface area contributed by atoms with Gasteiger partial charge in [0.1, 0.15) is 45.5 Å². The fraction of sp³-hybridized carbons (Fsp3) is 0.529. The van der Waals surface area contributed by atoms with E-state index in [0.29, 0.717) is 5.52 Å². The molecule has 2 aromatic heterocycles. The number of fused-ring (bicyclic) bond motifs is 1. The molecular formula is C17H19B2N5O4. The average Bonchev–Trinajstić information content (AvgIpc) is 3.16. The van der Waals surface area contributed by atoms with Gasteiger partial charge in [0.05, 0.1) is 11.8 Å². The molecule has 4 N–H and O–H groups in total. The first-order valence-electron chi connectivity index (χ1n) is 8.71. The summed E-state index contributed by atoms with van der Waals surface area (Å²) in [6.07, 6.45) is -1.88. The number of Topliss-reactive ketones (excluding diaryl/α,β-unsaturated/α-hetero) is 1. The van der Waals surface area contributed by atoms with E-state index in [0.717, 1.165) is 0 Å². The third-order valence-electron chi connectivity index (χ3n) is 5.09. The zero-order chi connectivity index (χ0) is 20.9. The first kappa shape index (κ1) is 20.3. The number of nitriles is 1. The van der Waals surface area contributed by atoms with Crippen molar-refractivity contribution in [3.63, 3.8) is 0 Å². The van der Waals surface area contributed by atoms with Gasteiger partial charge in [0, 0.05) is 23.7 Å². The van der Waals surface area contributed by atoms with Crippen molar-refractivity contribution < 1.29 is 19.7 Å². The number of carbonyl (C=O) groups is 1. The SMILES string of the molecule is [B]C([B])(O)C1O[C@@](C#N)(c2ccc3c(N)ncnn23)[C@H](O)[C@@H]1CC(=O)C(C)C. The van der Waals surface area contributed by atoms with E-state index in [9.17, 15) is 20.3 Å². The molecule has 0 saturated carbocycles. The number of nitrogens with zero attached hydrogens (tertiary/aromatic N) is 4. The molecule has 3 rings (SSSR count). The van der Waals surface area contributed by atoms with Gasteiger partial charge < -0.3 is 20.7 Å². The molecular weight excluding hydrogens is 360 g/mol. The summed E-state index contributed by atoms with van der Waals surface area (Å²) < 4.78 is 7.09. The molecule has 0 bridgehead atoms. The van der Waals surface area contributed by atoms with Gasteiger partial charge in [-0.3, -0.25) is 4.79 Å². The first-order chi connectivity index (χ1) is 13.0. The summed E-state index contributed by atoms with van der Waals surface area (Å²) in [6, 6.07) is 5.02. The van der Waals surface area contributed by atoms with Crippen LogP contribution in [0.5, 0.6) is 0 Å². The third kappa shape index (κ3) is 3.07. The number of aliphatic hydroxyl groups excluding tert-OH is 1. The molecule has 1 saturated heterocycles. The van der Waals surface area contributed by atoms with Crippen molar-refractivity contribution >= 4 is 32.8 Å². The van der Waals surface area contributed by atoms with Gasteiger partial charge in [-0.15, -0.1) is 0 Å². The number of hydrogen-bond donors (Lipinski definition) is 3. The summed E-state index contributed by atoms with van der Waals surface area (Å²) in [5.41, 5.74) is 4.40. The van der Waals surface area contributed by atoms with Crippen LogP contribution in [0, 0.1) is 23.2 Å². The summed E-state index contributed by atoms with van der Waals surface area (Å²) in [5.74, 6) is -1.36. The normalized spacial score (nSPS) is 27.9. The second-order valence-electron chi connectivity index (χ2n) is 7.37. The van der Waals surface area contributed by atoms with Gasteiger partial charge in [-0.2, -0.15) is 10.4 Å². The number of aromatic nitrogens is 3.